The summed E-state index contributed by atoms with van der Waals surface area (Å²) < 4.78 is 32.7. The fourth-order valence-electron chi connectivity index (χ4n) is 6.04. The van der Waals surface area contributed by atoms with Crippen molar-refractivity contribution in [2.24, 2.45) is 5.92 Å². The summed E-state index contributed by atoms with van der Waals surface area (Å²) in [6.45, 7) is 4.52. The van der Waals surface area contributed by atoms with E-state index >= 15 is 0 Å². The highest BCUT2D eigenvalue weighted by atomic mass is 31.2. The van der Waals surface area contributed by atoms with E-state index in [2.05, 4.69) is 31.4 Å². The Morgan fingerprint density at radius 2 is 1.12 bits per heavy atom. The van der Waals surface area contributed by atoms with Gasteiger partial charge in [-0.2, -0.15) is 0 Å². The molecule has 0 aliphatic heterocycles. The van der Waals surface area contributed by atoms with Gasteiger partial charge in [0.05, 0.1) is 19.8 Å². The number of ether oxygens (including phenoxy) is 2. The minimum atomic E-state index is -4.63. The fraction of sp³-hybridized carbons (Fsp3) is 0.841. The third-order valence-corrected chi connectivity index (χ3v) is 10.5. The lowest BCUT2D eigenvalue weighted by molar-refractivity contribution is -0.161. The van der Waals surface area contributed by atoms with Crippen molar-refractivity contribution in [2.45, 2.75) is 206 Å². The van der Waals surface area contributed by atoms with Crippen LogP contribution in [0.4, 0.5) is 0 Å². The van der Waals surface area contributed by atoms with E-state index < -0.39 is 51.8 Å². The average Bonchev–Trinajstić information content (AvgIpc) is 3.16. The van der Waals surface area contributed by atoms with E-state index in [9.17, 15) is 28.9 Å². The van der Waals surface area contributed by atoms with Crippen molar-refractivity contribution in [1.82, 2.24) is 0 Å². The van der Waals surface area contributed by atoms with Gasteiger partial charge < -0.3 is 24.6 Å². The topological polar surface area (TPSA) is 166 Å². The molecule has 11 nitrogen and oxygen atoms in total. The quantitative estimate of drug-likeness (QED) is 0.0177. The maximum atomic E-state index is 12.6. The number of unbranched alkanes of at least 4 members (excludes halogenated alkanes) is 20. The molecule has 0 rings (SSSR count). The molecule has 0 bridgehead atoms. The van der Waals surface area contributed by atoms with Crippen molar-refractivity contribution in [3.05, 3.63) is 24.3 Å². The molecule has 0 radical (unpaired) electrons. The van der Waals surface area contributed by atoms with E-state index in [0.717, 1.165) is 76.5 Å². The van der Waals surface area contributed by atoms with E-state index in [1.807, 2.05) is 6.08 Å². The predicted octanol–water partition coefficient (Wildman–Crippen LogP) is 10.8. The van der Waals surface area contributed by atoms with Gasteiger partial charge in [0.25, 0.3) is 0 Å². The molecule has 0 heterocycles. The number of carbonyl (C=O) groups excluding carboxylic acids is 3. The zero-order valence-electron chi connectivity index (χ0n) is 35.5. The van der Waals surface area contributed by atoms with Gasteiger partial charge in [-0.1, -0.05) is 161 Å². The number of phosphoric acid groups is 1. The summed E-state index contributed by atoms with van der Waals surface area (Å²) in [5.41, 5.74) is 0. The number of carbonyl (C=O) groups is 3. The van der Waals surface area contributed by atoms with E-state index in [4.69, 9.17) is 19.1 Å². The molecule has 0 aromatic rings. The standard InChI is InChI=1S/C44H81O11P/c1-4-5-25-31-40(46)32-27-22-18-14-12-16-19-23-28-33-43(48)52-37-42(38-54-56(50,51)53-36-41(47)35-45)55-44(49)34-29-24-20-15-11-9-7-6-8-10-13-17-21-26-30-39(2)3/h18,22,27,32,39,41-42,45,47H,4-17,19-21,23-26,28-31,33-38H2,1-3H3,(H,50,51)/b22-18-,32-27+/t41-,42+/m0/s1. The van der Waals surface area contributed by atoms with Crippen LogP contribution in [0.2, 0.25) is 0 Å². The first kappa shape index (κ1) is 54.1. The summed E-state index contributed by atoms with van der Waals surface area (Å²) in [7, 11) is -4.63. The number of aliphatic hydroxyl groups is 2. The van der Waals surface area contributed by atoms with Gasteiger partial charge in [-0.05, 0) is 44.1 Å². The van der Waals surface area contributed by atoms with Gasteiger partial charge in [-0.15, -0.1) is 0 Å². The van der Waals surface area contributed by atoms with Crippen LogP contribution in [0.3, 0.4) is 0 Å². The molecule has 0 fully saturated rings. The summed E-state index contributed by atoms with van der Waals surface area (Å²) >= 11 is 0. The van der Waals surface area contributed by atoms with Crippen molar-refractivity contribution < 1.29 is 52.6 Å². The second kappa shape index (κ2) is 38.6. The number of rotatable bonds is 41. The molecule has 328 valence electrons. The second-order valence-corrected chi connectivity index (χ2v) is 17.0. The summed E-state index contributed by atoms with van der Waals surface area (Å²) in [6, 6.07) is 0. The molecule has 0 aliphatic carbocycles. The molecule has 0 aromatic heterocycles. The first-order valence-electron chi connectivity index (χ1n) is 22.1. The zero-order valence-corrected chi connectivity index (χ0v) is 36.4. The molecule has 56 heavy (non-hydrogen) atoms. The first-order chi connectivity index (χ1) is 27.0. The Balaban J connectivity index is 4.32. The summed E-state index contributed by atoms with van der Waals surface area (Å²) in [6.07, 6.45) is 32.7. The zero-order chi connectivity index (χ0) is 41.5. The Kier molecular flexibility index (Phi) is 37.3. The maximum Gasteiger partial charge on any atom is 0.472 e. The van der Waals surface area contributed by atoms with Crippen molar-refractivity contribution in [1.29, 1.82) is 0 Å². The highest BCUT2D eigenvalue weighted by Gasteiger charge is 2.27. The van der Waals surface area contributed by atoms with Crippen LogP contribution in [-0.4, -0.2) is 71.5 Å². The van der Waals surface area contributed by atoms with Gasteiger partial charge >= 0.3 is 19.8 Å². The molecule has 0 saturated heterocycles. The van der Waals surface area contributed by atoms with Crippen molar-refractivity contribution >= 4 is 25.5 Å². The van der Waals surface area contributed by atoms with E-state index in [1.54, 1.807) is 12.2 Å². The minimum absolute atomic E-state index is 0.166. The number of allylic oxidation sites excluding steroid dienone is 4. The Labute approximate surface area is 340 Å². The third-order valence-electron chi connectivity index (χ3n) is 9.51. The molecular weight excluding hydrogens is 735 g/mol. The van der Waals surface area contributed by atoms with Crippen LogP contribution in [0, 0.1) is 5.92 Å². The Bertz CT molecular complexity index is 1060. The van der Waals surface area contributed by atoms with E-state index in [-0.39, 0.29) is 25.2 Å². The monoisotopic (exact) mass is 817 g/mol. The van der Waals surface area contributed by atoms with Crippen LogP contribution in [-0.2, 0) is 37.5 Å². The first-order valence-corrected chi connectivity index (χ1v) is 23.6. The maximum absolute atomic E-state index is 12.6. The summed E-state index contributed by atoms with van der Waals surface area (Å²) in [5.74, 6) is 0.00317. The summed E-state index contributed by atoms with van der Waals surface area (Å²) in [5, 5.41) is 18.3. The highest BCUT2D eigenvalue weighted by Crippen LogP contribution is 2.43. The number of ketones is 1. The van der Waals surface area contributed by atoms with Gasteiger partial charge in [-0.3, -0.25) is 23.4 Å². The van der Waals surface area contributed by atoms with Crippen LogP contribution >= 0.6 is 7.82 Å². The number of esters is 2. The molecule has 0 amide bonds. The Morgan fingerprint density at radius 1 is 0.625 bits per heavy atom. The van der Waals surface area contributed by atoms with Crippen LogP contribution in [0.1, 0.15) is 194 Å². The van der Waals surface area contributed by atoms with E-state index in [0.29, 0.717) is 19.3 Å². The molecule has 3 N–H and O–H groups in total. The lowest BCUT2D eigenvalue weighted by Gasteiger charge is -2.20. The predicted molar refractivity (Wildman–Crippen MR) is 224 cm³/mol. The third kappa shape index (κ3) is 39.0. The number of hydrogen-bond acceptors (Lipinski definition) is 10. The van der Waals surface area contributed by atoms with Gasteiger partial charge in [0.1, 0.15) is 12.7 Å². The second-order valence-electron chi connectivity index (χ2n) is 15.6. The molecule has 0 spiro atoms. The smallest absolute Gasteiger partial charge is 0.462 e. The molecule has 0 aliphatic rings. The Hall–Kier alpha value is -1.88. The van der Waals surface area contributed by atoms with Gasteiger partial charge in [0, 0.05) is 19.3 Å². The highest BCUT2D eigenvalue weighted by molar-refractivity contribution is 7.47. The van der Waals surface area contributed by atoms with Gasteiger partial charge in [0.15, 0.2) is 11.9 Å². The molecule has 3 atom stereocenters. The Morgan fingerprint density at radius 3 is 1.68 bits per heavy atom. The largest absolute Gasteiger partial charge is 0.472 e. The normalized spacial score (nSPS) is 14.1. The molecular formula is C44H81O11P. The van der Waals surface area contributed by atoms with Gasteiger partial charge in [-0.25, -0.2) is 4.57 Å². The van der Waals surface area contributed by atoms with Crippen molar-refractivity contribution in [2.75, 3.05) is 26.4 Å². The lowest BCUT2D eigenvalue weighted by Crippen LogP contribution is -2.29. The number of aliphatic hydroxyl groups excluding tert-OH is 2. The number of phosphoric ester groups is 1. The minimum Gasteiger partial charge on any atom is -0.462 e. The summed E-state index contributed by atoms with van der Waals surface area (Å²) in [4.78, 5) is 46.7. The lowest BCUT2D eigenvalue weighted by atomic mass is 10.0. The van der Waals surface area contributed by atoms with Crippen LogP contribution in [0.5, 0.6) is 0 Å². The van der Waals surface area contributed by atoms with Crippen LogP contribution in [0.15, 0.2) is 24.3 Å². The average molecular weight is 817 g/mol. The SMILES string of the molecule is CCCCCC(=O)/C=C/C=C\CCCCCCCC(=O)OC[C@H](COP(=O)(O)OC[C@@H](O)CO)OC(=O)CCCCCCCCCCCCCCCCC(C)C. The van der Waals surface area contributed by atoms with Crippen molar-refractivity contribution in [3.63, 3.8) is 0 Å². The van der Waals surface area contributed by atoms with Gasteiger partial charge in [0.2, 0.25) is 0 Å². The number of hydrogen-bond donors (Lipinski definition) is 3. The molecule has 0 saturated carbocycles. The molecule has 1 unspecified atom stereocenters. The van der Waals surface area contributed by atoms with Crippen LogP contribution in [0.25, 0.3) is 0 Å². The molecule has 12 heteroatoms. The fourth-order valence-corrected chi connectivity index (χ4v) is 6.83. The van der Waals surface area contributed by atoms with Crippen molar-refractivity contribution in [3.8, 4) is 0 Å². The molecule has 0 aromatic carbocycles. The van der Waals surface area contributed by atoms with E-state index in [1.165, 1.54) is 70.6 Å². The van der Waals surface area contributed by atoms with Crippen LogP contribution < -0.4 is 0 Å².